The SMILES string of the molecule is CCCNC1COCC1C(=O)C1CC1. The Kier molecular flexibility index (Phi) is 3.19. The first-order chi connectivity index (χ1) is 6.83. The molecule has 2 rings (SSSR count). The van der Waals surface area contributed by atoms with Gasteiger partial charge < -0.3 is 10.1 Å². The molecule has 14 heavy (non-hydrogen) atoms. The number of hydrogen-bond donors (Lipinski definition) is 1. The fourth-order valence-electron chi connectivity index (χ4n) is 2.04. The fourth-order valence-corrected chi connectivity index (χ4v) is 2.04. The van der Waals surface area contributed by atoms with E-state index in [1.807, 2.05) is 0 Å². The minimum absolute atomic E-state index is 0.133. The maximum atomic E-state index is 11.9. The molecule has 0 amide bonds. The summed E-state index contributed by atoms with van der Waals surface area (Å²) < 4.78 is 5.38. The first-order valence-corrected chi connectivity index (χ1v) is 5.67. The summed E-state index contributed by atoms with van der Waals surface area (Å²) in [4.78, 5) is 11.9. The molecular weight excluding hydrogens is 178 g/mol. The Hall–Kier alpha value is -0.410. The molecule has 1 heterocycles. The van der Waals surface area contributed by atoms with Crippen molar-refractivity contribution in [1.82, 2.24) is 5.32 Å². The van der Waals surface area contributed by atoms with Crippen LogP contribution in [0.15, 0.2) is 0 Å². The van der Waals surface area contributed by atoms with E-state index in [0.717, 1.165) is 25.8 Å². The molecule has 1 saturated carbocycles. The van der Waals surface area contributed by atoms with Gasteiger partial charge in [-0.1, -0.05) is 6.92 Å². The Labute approximate surface area is 85.2 Å². The normalized spacial score (nSPS) is 32.1. The third kappa shape index (κ3) is 2.15. The van der Waals surface area contributed by atoms with Gasteiger partial charge in [0.1, 0.15) is 5.78 Å². The van der Waals surface area contributed by atoms with Crippen molar-refractivity contribution in [2.24, 2.45) is 11.8 Å². The molecule has 2 fully saturated rings. The highest BCUT2D eigenvalue weighted by Crippen LogP contribution is 2.34. The van der Waals surface area contributed by atoms with Crippen LogP contribution in [0, 0.1) is 11.8 Å². The van der Waals surface area contributed by atoms with E-state index in [2.05, 4.69) is 12.2 Å². The smallest absolute Gasteiger partial charge is 0.142 e. The predicted molar refractivity (Wildman–Crippen MR) is 54.1 cm³/mol. The molecule has 1 aliphatic heterocycles. The molecule has 0 bridgehead atoms. The maximum absolute atomic E-state index is 11.9. The van der Waals surface area contributed by atoms with E-state index < -0.39 is 0 Å². The second-order valence-corrected chi connectivity index (χ2v) is 4.38. The lowest BCUT2D eigenvalue weighted by atomic mass is 9.95. The minimum Gasteiger partial charge on any atom is -0.379 e. The standard InChI is InChI=1S/C11H19NO2/c1-2-5-12-10-7-14-6-9(10)11(13)8-3-4-8/h8-10,12H,2-7H2,1H3. The molecule has 3 heteroatoms. The van der Waals surface area contributed by atoms with Crippen LogP contribution in [0.1, 0.15) is 26.2 Å². The van der Waals surface area contributed by atoms with Crippen LogP contribution >= 0.6 is 0 Å². The van der Waals surface area contributed by atoms with E-state index in [0.29, 0.717) is 24.9 Å². The Balaban J connectivity index is 1.85. The molecule has 0 spiro atoms. The van der Waals surface area contributed by atoms with Crippen LogP contribution in [-0.2, 0) is 9.53 Å². The van der Waals surface area contributed by atoms with E-state index in [1.165, 1.54) is 0 Å². The van der Waals surface area contributed by atoms with E-state index >= 15 is 0 Å². The van der Waals surface area contributed by atoms with Crippen molar-refractivity contribution in [2.45, 2.75) is 32.2 Å². The summed E-state index contributed by atoms with van der Waals surface area (Å²) in [6.45, 7) is 4.48. The van der Waals surface area contributed by atoms with Gasteiger partial charge in [0.05, 0.1) is 19.1 Å². The summed E-state index contributed by atoms with van der Waals surface area (Å²) in [6.07, 6.45) is 3.33. The van der Waals surface area contributed by atoms with Gasteiger partial charge in [-0.05, 0) is 25.8 Å². The second kappa shape index (κ2) is 4.41. The third-order valence-electron chi connectivity index (χ3n) is 3.08. The Morgan fingerprint density at radius 1 is 1.43 bits per heavy atom. The molecule has 0 aromatic heterocycles. The van der Waals surface area contributed by atoms with Gasteiger partial charge in [0, 0.05) is 12.0 Å². The van der Waals surface area contributed by atoms with E-state index in [1.54, 1.807) is 0 Å². The fraction of sp³-hybridized carbons (Fsp3) is 0.909. The van der Waals surface area contributed by atoms with Crippen molar-refractivity contribution < 1.29 is 9.53 Å². The average Bonchev–Trinajstić information content (AvgIpc) is 2.93. The quantitative estimate of drug-likeness (QED) is 0.714. The van der Waals surface area contributed by atoms with Crippen LogP contribution < -0.4 is 5.32 Å². The molecule has 0 radical (unpaired) electrons. The van der Waals surface area contributed by atoms with Gasteiger partial charge >= 0.3 is 0 Å². The van der Waals surface area contributed by atoms with Crippen LogP contribution in [0.25, 0.3) is 0 Å². The molecule has 2 atom stereocenters. The number of ketones is 1. The Bertz CT molecular complexity index is 213. The minimum atomic E-state index is 0.133. The van der Waals surface area contributed by atoms with Gasteiger partial charge in [-0.25, -0.2) is 0 Å². The topological polar surface area (TPSA) is 38.3 Å². The van der Waals surface area contributed by atoms with Gasteiger partial charge in [-0.15, -0.1) is 0 Å². The zero-order valence-electron chi connectivity index (χ0n) is 8.79. The van der Waals surface area contributed by atoms with Gasteiger partial charge in [-0.2, -0.15) is 0 Å². The van der Waals surface area contributed by atoms with Gasteiger partial charge in [0.25, 0.3) is 0 Å². The monoisotopic (exact) mass is 197 g/mol. The van der Waals surface area contributed by atoms with Gasteiger partial charge in [-0.3, -0.25) is 4.79 Å². The highest BCUT2D eigenvalue weighted by atomic mass is 16.5. The molecule has 1 saturated heterocycles. The van der Waals surface area contributed by atoms with E-state index in [9.17, 15) is 4.79 Å². The van der Waals surface area contributed by atoms with Crippen molar-refractivity contribution >= 4 is 5.78 Å². The maximum Gasteiger partial charge on any atom is 0.142 e. The second-order valence-electron chi connectivity index (χ2n) is 4.38. The molecule has 2 unspecified atom stereocenters. The summed E-state index contributed by atoms with van der Waals surface area (Å²) in [6, 6.07) is 0.281. The Morgan fingerprint density at radius 2 is 2.21 bits per heavy atom. The molecule has 80 valence electrons. The first kappa shape index (κ1) is 10.1. The van der Waals surface area contributed by atoms with E-state index in [-0.39, 0.29) is 12.0 Å². The molecule has 1 N–H and O–H groups in total. The lowest BCUT2D eigenvalue weighted by molar-refractivity contribution is -0.124. The highest BCUT2D eigenvalue weighted by molar-refractivity contribution is 5.86. The van der Waals surface area contributed by atoms with Crippen LogP contribution in [0.4, 0.5) is 0 Å². The van der Waals surface area contributed by atoms with E-state index in [4.69, 9.17) is 4.74 Å². The van der Waals surface area contributed by atoms with Crippen molar-refractivity contribution in [3.8, 4) is 0 Å². The van der Waals surface area contributed by atoms with Crippen molar-refractivity contribution in [3.05, 3.63) is 0 Å². The molecule has 1 aliphatic carbocycles. The predicted octanol–water partition coefficient (Wildman–Crippen LogP) is 0.980. The summed E-state index contributed by atoms with van der Waals surface area (Å²) in [7, 11) is 0. The molecule has 0 aromatic rings. The van der Waals surface area contributed by atoms with Crippen LogP contribution in [0.3, 0.4) is 0 Å². The number of rotatable bonds is 5. The lowest BCUT2D eigenvalue weighted by Gasteiger charge is -2.17. The first-order valence-electron chi connectivity index (χ1n) is 5.67. The number of carbonyl (C=O) groups is 1. The number of Topliss-reactive ketones (excluding diaryl/α,β-unsaturated/α-hetero) is 1. The van der Waals surface area contributed by atoms with Gasteiger partial charge in [0.15, 0.2) is 0 Å². The largest absolute Gasteiger partial charge is 0.379 e. The van der Waals surface area contributed by atoms with Crippen molar-refractivity contribution in [3.63, 3.8) is 0 Å². The Morgan fingerprint density at radius 3 is 2.86 bits per heavy atom. The summed E-state index contributed by atoms with van der Waals surface area (Å²) in [5.74, 6) is 0.942. The summed E-state index contributed by atoms with van der Waals surface area (Å²) in [5, 5.41) is 3.40. The number of hydrogen-bond acceptors (Lipinski definition) is 3. The van der Waals surface area contributed by atoms with Crippen LogP contribution in [0.5, 0.6) is 0 Å². The lowest BCUT2D eigenvalue weighted by Crippen LogP contribution is -2.40. The average molecular weight is 197 g/mol. The molecule has 3 nitrogen and oxygen atoms in total. The van der Waals surface area contributed by atoms with Crippen molar-refractivity contribution in [1.29, 1.82) is 0 Å². The summed E-state index contributed by atoms with van der Waals surface area (Å²) >= 11 is 0. The number of ether oxygens (including phenoxy) is 1. The zero-order chi connectivity index (χ0) is 9.97. The zero-order valence-corrected chi connectivity index (χ0v) is 8.79. The van der Waals surface area contributed by atoms with Crippen molar-refractivity contribution in [2.75, 3.05) is 19.8 Å². The summed E-state index contributed by atoms with van der Waals surface area (Å²) in [5.41, 5.74) is 0. The van der Waals surface area contributed by atoms with Crippen LogP contribution in [-0.4, -0.2) is 31.6 Å². The number of nitrogens with one attached hydrogen (secondary N) is 1. The molecule has 0 aromatic carbocycles. The van der Waals surface area contributed by atoms with Crippen LogP contribution in [0.2, 0.25) is 0 Å². The number of carbonyl (C=O) groups excluding carboxylic acids is 1. The highest BCUT2D eigenvalue weighted by Gasteiger charge is 2.40. The van der Waals surface area contributed by atoms with Gasteiger partial charge in [0.2, 0.25) is 0 Å². The third-order valence-corrected chi connectivity index (χ3v) is 3.08. The molecular formula is C11H19NO2. The molecule has 2 aliphatic rings.